The molecule has 0 bridgehead atoms. The van der Waals surface area contributed by atoms with Gasteiger partial charge in [-0.3, -0.25) is 4.98 Å². The smallest absolute Gasteiger partial charge is 0.142 e. The molecule has 0 aliphatic rings. The number of benzene rings is 1. The van der Waals surface area contributed by atoms with E-state index in [2.05, 4.69) is 31.2 Å². The molecule has 6 heteroatoms. The van der Waals surface area contributed by atoms with E-state index in [1.807, 2.05) is 41.8 Å². The van der Waals surface area contributed by atoms with Gasteiger partial charge in [0, 0.05) is 16.0 Å². The zero-order valence-corrected chi connectivity index (χ0v) is 14.0. The summed E-state index contributed by atoms with van der Waals surface area (Å²) >= 11 is 11.2. The minimum absolute atomic E-state index is 0.630. The molecule has 1 aromatic carbocycles. The van der Waals surface area contributed by atoms with Crippen LogP contribution in [-0.2, 0) is 6.54 Å². The predicted molar refractivity (Wildman–Crippen MR) is 91.8 cm³/mol. The number of nitrogens with one attached hydrogen (secondary N) is 1. The molecule has 0 radical (unpaired) electrons. The third kappa shape index (κ3) is 3.61. The summed E-state index contributed by atoms with van der Waals surface area (Å²) in [5, 5.41) is 6.93. The van der Waals surface area contributed by atoms with Crippen LogP contribution in [0.2, 0.25) is 5.02 Å². The lowest BCUT2D eigenvalue weighted by Gasteiger charge is -2.06. The average molecular weight is 381 g/mol. The largest absolute Gasteiger partial charge is 0.378 e. The summed E-state index contributed by atoms with van der Waals surface area (Å²) in [5.74, 6) is 0. The van der Waals surface area contributed by atoms with Crippen molar-refractivity contribution < 1.29 is 0 Å². The Hall–Kier alpha value is -1.43. The molecule has 0 amide bonds. The first-order valence-electron chi connectivity index (χ1n) is 6.27. The first kappa shape index (κ1) is 14.5. The Morgan fingerprint density at radius 2 is 2.14 bits per heavy atom. The van der Waals surface area contributed by atoms with E-state index in [9.17, 15) is 0 Å². The first-order chi connectivity index (χ1) is 10.2. The zero-order chi connectivity index (χ0) is 14.7. The molecule has 2 aromatic heterocycles. The predicted octanol–water partition coefficient (Wildman–Crippen LogP) is 5.23. The Morgan fingerprint density at radius 1 is 1.24 bits per heavy atom. The maximum atomic E-state index is 6.18. The maximum absolute atomic E-state index is 6.18. The van der Waals surface area contributed by atoms with Gasteiger partial charge in [0.25, 0.3) is 0 Å². The molecule has 2 heterocycles. The van der Waals surface area contributed by atoms with Crippen LogP contribution in [-0.4, -0.2) is 9.97 Å². The maximum Gasteiger partial charge on any atom is 0.142 e. The minimum Gasteiger partial charge on any atom is -0.378 e. The van der Waals surface area contributed by atoms with E-state index in [0.717, 1.165) is 26.6 Å². The number of anilines is 1. The van der Waals surface area contributed by atoms with Gasteiger partial charge >= 0.3 is 0 Å². The summed E-state index contributed by atoms with van der Waals surface area (Å²) in [6.07, 6.45) is 1.77. The molecule has 3 rings (SSSR count). The molecular weight excluding hydrogens is 370 g/mol. The molecule has 0 saturated heterocycles. The van der Waals surface area contributed by atoms with Gasteiger partial charge in [0.2, 0.25) is 0 Å². The molecule has 0 aliphatic heterocycles. The highest BCUT2D eigenvalue weighted by atomic mass is 79.9. The van der Waals surface area contributed by atoms with Gasteiger partial charge in [0.15, 0.2) is 0 Å². The van der Waals surface area contributed by atoms with Crippen molar-refractivity contribution in [2.24, 2.45) is 0 Å². The molecule has 3 nitrogen and oxygen atoms in total. The van der Waals surface area contributed by atoms with Crippen molar-refractivity contribution in [1.29, 1.82) is 0 Å². The third-order valence-electron chi connectivity index (χ3n) is 2.83. The van der Waals surface area contributed by atoms with Crippen LogP contribution in [0.1, 0.15) is 5.69 Å². The molecule has 0 aliphatic carbocycles. The summed E-state index contributed by atoms with van der Waals surface area (Å²) in [5.41, 5.74) is 2.77. The third-order valence-corrected chi connectivity index (χ3v) is 4.55. The first-order valence-corrected chi connectivity index (χ1v) is 8.32. The van der Waals surface area contributed by atoms with Gasteiger partial charge in [0.1, 0.15) is 5.01 Å². The van der Waals surface area contributed by atoms with Crippen LogP contribution in [0.15, 0.2) is 52.4 Å². The number of hydrogen-bond donors (Lipinski definition) is 1. The number of nitrogens with zero attached hydrogens (tertiary/aromatic N) is 2. The van der Waals surface area contributed by atoms with E-state index in [0.29, 0.717) is 11.6 Å². The molecule has 3 aromatic rings. The topological polar surface area (TPSA) is 37.8 Å². The molecule has 0 fully saturated rings. The monoisotopic (exact) mass is 379 g/mol. The standard InChI is InChI=1S/C15H11BrClN3S/c16-10-4-5-13(12(17)7-10)19-8-11-9-21-15(20-11)14-3-1-2-6-18-14/h1-7,9,19H,8H2. The fourth-order valence-electron chi connectivity index (χ4n) is 1.81. The van der Waals surface area contributed by atoms with Gasteiger partial charge in [-0.15, -0.1) is 11.3 Å². The van der Waals surface area contributed by atoms with Crippen LogP contribution in [0, 0.1) is 0 Å². The van der Waals surface area contributed by atoms with E-state index in [1.165, 1.54) is 0 Å². The van der Waals surface area contributed by atoms with E-state index >= 15 is 0 Å². The number of rotatable bonds is 4. The summed E-state index contributed by atoms with van der Waals surface area (Å²) in [6, 6.07) is 11.6. The van der Waals surface area contributed by atoms with Crippen LogP contribution in [0.4, 0.5) is 5.69 Å². The summed E-state index contributed by atoms with van der Waals surface area (Å²) < 4.78 is 0.962. The second-order valence-corrected chi connectivity index (χ2v) is 6.52. The van der Waals surface area contributed by atoms with Crippen LogP contribution >= 0.6 is 38.9 Å². The van der Waals surface area contributed by atoms with Crippen molar-refractivity contribution in [3.63, 3.8) is 0 Å². The Kier molecular flexibility index (Phi) is 4.53. The van der Waals surface area contributed by atoms with Crippen molar-refractivity contribution in [2.75, 3.05) is 5.32 Å². The normalized spacial score (nSPS) is 10.6. The fourth-order valence-corrected chi connectivity index (χ4v) is 3.35. The Balaban J connectivity index is 1.70. The van der Waals surface area contributed by atoms with Gasteiger partial charge in [0.05, 0.1) is 28.6 Å². The molecule has 106 valence electrons. The van der Waals surface area contributed by atoms with Crippen molar-refractivity contribution >= 4 is 44.6 Å². The summed E-state index contributed by atoms with van der Waals surface area (Å²) in [7, 11) is 0. The Morgan fingerprint density at radius 3 is 2.90 bits per heavy atom. The van der Waals surface area contributed by atoms with Gasteiger partial charge in [-0.05, 0) is 30.3 Å². The number of pyridine rings is 1. The molecule has 0 unspecified atom stereocenters. The zero-order valence-electron chi connectivity index (χ0n) is 10.9. The lowest BCUT2D eigenvalue weighted by molar-refractivity contribution is 1.07. The molecule has 1 N–H and O–H groups in total. The van der Waals surface area contributed by atoms with Gasteiger partial charge in [-0.2, -0.15) is 0 Å². The van der Waals surface area contributed by atoms with E-state index in [-0.39, 0.29) is 0 Å². The fraction of sp³-hybridized carbons (Fsp3) is 0.0667. The van der Waals surface area contributed by atoms with Crippen LogP contribution in [0.3, 0.4) is 0 Å². The highest BCUT2D eigenvalue weighted by Gasteiger charge is 2.06. The molecule has 0 atom stereocenters. The van der Waals surface area contributed by atoms with Crippen molar-refractivity contribution in [2.45, 2.75) is 6.54 Å². The highest BCUT2D eigenvalue weighted by molar-refractivity contribution is 9.10. The quantitative estimate of drug-likeness (QED) is 0.673. The van der Waals surface area contributed by atoms with Crippen molar-refractivity contribution in [3.8, 4) is 10.7 Å². The molecular formula is C15H11BrClN3S. The van der Waals surface area contributed by atoms with Gasteiger partial charge in [-0.1, -0.05) is 33.6 Å². The van der Waals surface area contributed by atoms with E-state index in [4.69, 9.17) is 11.6 Å². The number of hydrogen-bond acceptors (Lipinski definition) is 4. The van der Waals surface area contributed by atoms with Crippen molar-refractivity contribution in [3.05, 3.63) is 63.2 Å². The highest BCUT2D eigenvalue weighted by Crippen LogP contribution is 2.27. The Labute approximate surface area is 140 Å². The lowest BCUT2D eigenvalue weighted by Crippen LogP contribution is -2.00. The van der Waals surface area contributed by atoms with Crippen LogP contribution < -0.4 is 5.32 Å². The Bertz CT molecular complexity index is 746. The molecule has 0 spiro atoms. The molecule has 21 heavy (non-hydrogen) atoms. The minimum atomic E-state index is 0.630. The SMILES string of the molecule is Clc1cc(Br)ccc1NCc1csc(-c2ccccn2)n1. The van der Waals surface area contributed by atoms with E-state index in [1.54, 1.807) is 17.5 Å². The lowest BCUT2D eigenvalue weighted by atomic mass is 10.3. The van der Waals surface area contributed by atoms with Gasteiger partial charge < -0.3 is 5.32 Å². The summed E-state index contributed by atoms with van der Waals surface area (Å²) in [6.45, 7) is 0.630. The summed E-state index contributed by atoms with van der Waals surface area (Å²) in [4.78, 5) is 8.89. The van der Waals surface area contributed by atoms with E-state index < -0.39 is 0 Å². The number of thiazole rings is 1. The van der Waals surface area contributed by atoms with Crippen molar-refractivity contribution in [1.82, 2.24) is 9.97 Å². The second-order valence-electron chi connectivity index (χ2n) is 4.34. The number of halogens is 2. The number of aromatic nitrogens is 2. The molecule has 0 saturated carbocycles. The van der Waals surface area contributed by atoms with Crippen LogP contribution in [0.25, 0.3) is 10.7 Å². The van der Waals surface area contributed by atoms with Crippen LogP contribution in [0.5, 0.6) is 0 Å². The second kappa shape index (κ2) is 6.56. The van der Waals surface area contributed by atoms with Gasteiger partial charge in [-0.25, -0.2) is 4.98 Å². The average Bonchev–Trinajstić information content (AvgIpc) is 2.96.